The van der Waals surface area contributed by atoms with Crippen LogP contribution in [-0.2, 0) is 11.4 Å². The lowest BCUT2D eigenvalue weighted by molar-refractivity contribution is -0.113. The number of hydrogen-bond donors (Lipinski definition) is 2. The first-order chi connectivity index (χ1) is 23.0. The average Bonchev–Trinajstić information content (AvgIpc) is 3.11. The second kappa shape index (κ2) is 16.2. The highest BCUT2D eigenvalue weighted by molar-refractivity contribution is 6.11. The van der Waals surface area contributed by atoms with E-state index in [0.717, 1.165) is 11.1 Å². The van der Waals surface area contributed by atoms with E-state index in [4.69, 9.17) is 9.47 Å². The Hall–Kier alpha value is -6.21. The molecule has 0 unspecified atom stereocenters. The van der Waals surface area contributed by atoms with Crippen LogP contribution in [0, 0.1) is 0 Å². The number of nitrogens with one attached hydrogen (secondary N) is 2. The van der Waals surface area contributed by atoms with Crippen LogP contribution in [0.4, 0.5) is 5.69 Å². The Kier molecular flexibility index (Phi) is 11.1. The molecule has 0 aliphatic rings. The number of carbonyl (C=O) groups is 3. The van der Waals surface area contributed by atoms with Crippen LogP contribution in [-0.4, -0.2) is 24.2 Å². The molecule has 7 nitrogen and oxygen atoms in total. The summed E-state index contributed by atoms with van der Waals surface area (Å²) >= 11 is 0. The zero-order chi connectivity index (χ0) is 32.8. The van der Waals surface area contributed by atoms with E-state index in [0.29, 0.717) is 47.1 Å². The maximum Gasteiger partial charge on any atom is 0.272 e. The third-order valence-corrected chi connectivity index (χ3v) is 7.03. The number of hydrogen-bond acceptors (Lipinski definition) is 5. The van der Waals surface area contributed by atoms with Gasteiger partial charge in [0, 0.05) is 22.4 Å². The Morgan fingerprint density at radius 1 is 0.681 bits per heavy atom. The second-order valence-corrected chi connectivity index (χ2v) is 10.4. The van der Waals surface area contributed by atoms with E-state index < -0.39 is 11.8 Å². The van der Waals surface area contributed by atoms with Gasteiger partial charge in [0.15, 0.2) is 5.78 Å². The molecule has 5 rings (SSSR count). The van der Waals surface area contributed by atoms with Crippen molar-refractivity contribution in [2.75, 3.05) is 11.9 Å². The minimum Gasteiger partial charge on any atom is -0.493 e. The van der Waals surface area contributed by atoms with Gasteiger partial charge in [-0.3, -0.25) is 14.4 Å². The fourth-order valence-electron chi connectivity index (χ4n) is 4.59. The number of anilines is 1. The number of allylic oxidation sites excluding steroid dienone is 1. The summed E-state index contributed by atoms with van der Waals surface area (Å²) in [5, 5.41) is 5.57. The molecule has 5 aromatic rings. The molecular formula is C40H34N2O5. The van der Waals surface area contributed by atoms with E-state index in [1.54, 1.807) is 60.7 Å². The normalized spacial score (nSPS) is 11.1. The first-order valence-electron chi connectivity index (χ1n) is 15.2. The molecule has 2 N–H and O–H groups in total. The van der Waals surface area contributed by atoms with Crippen molar-refractivity contribution in [2.24, 2.45) is 0 Å². The summed E-state index contributed by atoms with van der Waals surface area (Å²) in [7, 11) is 0. The Bertz CT molecular complexity index is 1860. The summed E-state index contributed by atoms with van der Waals surface area (Å²) in [4.78, 5) is 39.3. The third kappa shape index (κ3) is 9.39. The van der Waals surface area contributed by atoms with Crippen LogP contribution in [0.1, 0.15) is 44.3 Å². The molecule has 234 valence electrons. The van der Waals surface area contributed by atoms with Gasteiger partial charge in [-0.2, -0.15) is 0 Å². The Labute approximate surface area is 274 Å². The van der Waals surface area contributed by atoms with Crippen LogP contribution in [0.2, 0.25) is 0 Å². The van der Waals surface area contributed by atoms with Crippen LogP contribution in [0.5, 0.6) is 11.5 Å². The van der Waals surface area contributed by atoms with Gasteiger partial charge in [0.1, 0.15) is 23.8 Å². The van der Waals surface area contributed by atoms with Gasteiger partial charge >= 0.3 is 0 Å². The zero-order valence-corrected chi connectivity index (χ0v) is 25.9. The summed E-state index contributed by atoms with van der Waals surface area (Å²) < 4.78 is 11.5. The van der Waals surface area contributed by atoms with E-state index in [1.807, 2.05) is 91.9 Å². The predicted molar refractivity (Wildman–Crippen MR) is 185 cm³/mol. The molecule has 0 saturated carbocycles. The van der Waals surface area contributed by atoms with Crippen LogP contribution in [0.3, 0.4) is 0 Å². The van der Waals surface area contributed by atoms with Crippen molar-refractivity contribution >= 4 is 35.4 Å². The molecule has 2 amide bonds. The molecule has 0 fully saturated rings. The summed E-state index contributed by atoms with van der Waals surface area (Å²) in [6.07, 6.45) is 4.81. The van der Waals surface area contributed by atoms with Crippen LogP contribution >= 0.6 is 0 Å². The molecule has 5 aromatic carbocycles. The fraction of sp³-hybridized carbons (Fsp3) is 0.0750. The first-order valence-corrected chi connectivity index (χ1v) is 15.2. The van der Waals surface area contributed by atoms with Gasteiger partial charge in [-0.05, 0) is 90.9 Å². The summed E-state index contributed by atoms with van der Waals surface area (Å²) in [6.45, 7) is 2.86. The molecule has 0 aliphatic carbocycles. The molecule has 0 heterocycles. The van der Waals surface area contributed by atoms with Crippen LogP contribution in [0.15, 0.2) is 145 Å². The standard InChI is InChI=1S/C40H34N2O5/c1-2-46-38-16-10-9-13-32(38)21-26-37(43)31-19-22-34(23-20-31)41-40(45)36(42-39(44)33-14-7-4-8-15-33)27-29-17-24-35(25-18-29)47-28-30-11-5-3-6-12-30/h3-27H,2,28H2,1H3,(H,41,45)(H,42,44)/b26-21+,36-27-. The maximum absolute atomic E-state index is 13.5. The lowest BCUT2D eigenvalue weighted by Crippen LogP contribution is -2.30. The van der Waals surface area contributed by atoms with Gasteiger partial charge in [0.2, 0.25) is 0 Å². The van der Waals surface area contributed by atoms with Crippen molar-refractivity contribution < 1.29 is 23.9 Å². The quantitative estimate of drug-likeness (QED) is 0.103. The fourth-order valence-corrected chi connectivity index (χ4v) is 4.59. The number of carbonyl (C=O) groups excluding carboxylic acids is 3. The summed E-state index contributed by atoms with van der Waals surface area (Å²) in [5.74, 6) is 0.237. The predicted octanol–water partition coefficient (Wildman–Crippen LogP) is 7.97. The number of rotatable bonds is 13. The number of ether oxygens (including phenoxy) is 2. The second-order valence-electron chi connectivity index (χ2n) is 10.4. The van der Waals surface area contributed by atoms with Crippen LogP contribution in [0.25, 0.3) is 12.2 Å². The van der Waals surface area contributed by atoms with Gasteiger partial charge in [0.25, 0.3) is 11.8 Å². The lowest BCUT2D eigenvalue weighted by Gasteiger charge is -2.12. The Morgan fingerprint density at radius 3 is 2.04 bits per heavy atom. The van der Waals surface area contributed by atoms with Gasteiger partial charge in [-0.15, -0.1) is 0 Å². The average molecular weight is 623 g/mol. The van der Waals surface area contributed by atoms with Crippen molar-refractivity contribution in [2.45, 2.75) is 13.5 Å². The Balaban J connectivity index is 1.28. The highest BCUT2D eigenvalue weighted by Gasteiger charge is 2.15. The maximum atomic E-state index is 13.5. The lowest BCUT2D eigenvalue weighted by atomic mass is 10.1. The molecule has 0 aliphatic heterocycles. The molecule has 0 aromatic heterocycles. The zero-order valence-electron chi connectivity index (χ0n) is 25.9. The van der Waals surface area contributed by atoms with Gasteiger partial charge in [-0.25, -0.2) is 0 Å². The molecule has 0 atom stereocenters. The van der Waals surface area contributed by atoms with E-state index in [-0.39, 0.29) is 11.5 Å². The van der Waals surface area contributed by atoms with E-state index >= 15 is 0 Å². The third-order valence-electron chi connectivity index (χ3n) is 7.03. The number of amides is 2. The monoisotopic (exact) mass is 622 g/mol. The Morgan fingerprint density at radius 2 is 1.34 bits per heavy atom. The summed E-state index contributed by atoms with van der Waals surface area (Å²) in [5.41, 5.74) is 3.92. The molecule has 47 heavy (non-hydrogen) atoms. The van der Waals surface area contributed by atoms with Gasteiger partial charge < -0.3 is 20.1 Å². The van der Waals surface area contributed by atoms with Crippen molar-refractivity contribution in [3.63, 3.8) is 0 Å². The van der Waals surface area contributed by atoms with Crippen molar-refractivity contribution in [3.8, 4) is 11.5 Å². The molecule has 0 bridgehead atoms. The van der Waals surface area contributed by atoms with E-state index in [9.17, 15) is 14.4 Å². The highest BCUT2D eigenvalue weighted by atomic mass is 16.5. The van der Waals surface area contributed by atoms with Crippen molar-refractivity contribution in [3.05, 3.63) is 173 Å². The molecule has 0 radical (unpaired) electrons. The smallest absolute Gasteiger partial charge is 0.272 e. The molecule has 0 spiro atoms. The SMILES string of the molecule is CCOc1ccccc1/C=C/C(=O)c1ccc(NC(=O)/C(=C/c2ccc(OCc3ccccc3)cc2)NC(=O)c2ccccc2)cc1. The van der Waals surface area contributed by atoms with Gasteiger partial charge in [-0.1, -0.05) is 78.9 Å². The van der Waals surface area contributed by atoms with Gasteiger partial charge in [0.05, 0.1) is 6.61 Å². The minimum atomic E-state index is -0.523. The largest absolute Gasteiger partial charge is 0.493 e. The van der Waals surface area contributed by atoms with E-state index in [1.165, 1.54) is 6.08 Å². The summed E-state index contributed by atoms with van der Waals surface area (Å²) in [6, 6.07) is 39.8. The highest BCUT2D eigenvalue weighted by Crippen LogP contribution is 2.21. The van der Waals surface area contributed by atoms with Crippen molar-refractivity contribution in [1.29, 1.82) is 0 Å². The molecule has 7 heteroatoms. The van der Waals surface area contributed by atoms with E-state index in [2.05, 4.69) is 10.6 Å². The van der Waals surface area contributed by atoms with Crippen LogP contribution < -0.4 is 20.1 Å². The van der Waals surface area contributed by atoms with Crippen molar-refractivity contribution in [1.82, 2.24) is 5.32 Å². The minimum absolute atomic E-state index is 0.0489. The number of benzene rings is 5. The molecule has 0 saturated heterocycles. The number of ketones is 1. The first kappa shape index (κ1) is 32.2. The molecular weight excluding hydrogens is 588 g/mol. The number of para-hydroxylation sites is 1. The topological polar surface area (TPSA) is 93.7 Å².